The maximum Gasteiger partial charge on any atom is 0.274 e. The van der Waals surface area contributed by atoms with Crippen molar-refractivity contribution in [3.8, 4) is 10.4 Å². The summed E-state index contributed by atoms with van der Waals surface area (Å²) in [7, 11) is 3.77. The fourth-order valence-electron chi connectivity index (χ4n) is 4.12. The second-order valence-electron chi connectivity index (χ2n) is 9.15. The van der Waals surface area contributed by atoms with Gasteiger partial charge in [-0.25, -0.2) is 13.8 Å². The highest BCUT2D eigenvalue weighted by Gasteiger charge is 2.30. The lowest BCUT2D eigenvalue weighted by atomic mass is 10.1. The molecular formula is C26H25ClF2N4OS. The Morgan fingerprint density at radius 3 is 2.63 bits per heavy atom. The van der Waals surface area contributed by atoms with Crippen LogP contribution >= 0.6 is 22.9 Å². The van der Waals surface area contributed by atoms with E-state index >= 15 is 0 Å². The topological polar surface area (TPSA) is 52.2 Å². The van der Waals surface area contributed by atoms with Crippen molar-refractivity contribution in [3.05, 3.63) is 70.5 Å². The van der Waals surface area contributed by atoms with Crippen LogP contribution in [0, 0.1) is 17.6 Å². The van der Waals surface area contributed by atoms with E-state index in [0.29, 0.717) is 41.8 Å². The number of fused-ring (bicyclic) bond motifs is 1. The predicted molar refractivity (Wildman–Crippen MR) is 137 cm³/mol. The number of carbonyl (C=O) groups excluding carboxylic acids is 1. The maximum absolute atomic E-state index is 13.8. The predicted octanol–water partition coefficient (Wildman–Crippen LogP) is 6.38. The van der Waals surface area contributed by atoms with Crippen molar-refractivity contribution in [1.82, 2.24) is 14.9 Å². The van der Waals surface area contributed by atoms with Gasteiger partial charge in [-0.15, -0.1) is 0 Å². The van der Waals surface area contributed by atoms with Gasteiger partial charge in [0, 0.05) is 44.3 Å². The first-order valence-corrected chi connectivity index (χ1v) is 12.7. The average Bonchev–Trinajstić information content (AvgIpc) is 3.40. The number of carbonyl (C=O) groups is 1. The summed E-state index contributed by atoms with van der Waals surface area (Å²) in [5.74, 6) is -0.434. The zero-order chi connectivity index (χ0) is 24.7. The second-order valence-corrected chi connectivity index (χ2v) is 10.5. The van der Waals surface area contributed by atoms with Crippen LogP contribution in [-0.4, -0.2) is 48.0 Å². The summed E-state index contributed by atoms with van der Waals surface area (Å²) in [6.45, 7) is 1.16. The molecule has 5 nitrogen and oxygen atoms in total. The third kappa shape index (κ3) is 5.04. The molecule has 0 atom stereocenters. The molecule has 5 rings (SSSR count). The summed E-state index contributed by atoms with van der Waals surface area (Å²) in [6.07, 6.45) is 4.65. The van der Waals surface area contributed by atoms with Crippen molar-refractivity contribution in [2.45, 2.75) is 19.3 Å². The van der Waals surface area contributed by atoms with E-state index in [4.69, 9.17) is 11.6 Å². The monoisotopic (exact) mass is 514 g/mol. The number of halogens is 3. The molecule has 0 radical (unpaired) electrons. The number of rotatable bonds is 8. The normalized spacial score (nSPS) is 13.4. The summed E-state index contributed by atoms with van der Waals surface area (Å²) in [4.78, 5) is 26.1. The van der Waals surface area contributed by atoms with E-state index in [2.05, 4.69) is 9.97 Å². The van der Waals surface area contributed by atoms with Crippen molar-refractivity contribution in [1.29, 1.82) is 0 Å². The van der Waals surface area contributed by atoms with Crippen molar-refractivity contribution in [2.75, 3.05) is 32.1 Å². The first-order chi connectivity index (χ1) is 16.8. The van der Waals surface area contributed by atoms with Crippen LogP contribution in [0.4, 0.5) is 13.9 Å². The molecule has 1 aliphatic rings. The second kappa shape index (κ2) is 9.59. The Morgan fingerprint density at radius 1 is 1.20 bits per heavy atom. The smallest absolute Gasteiger partial charge is 0.274 e. The molecule has 0 bridgehead atoms. The first-order valence-electron chi connectivity index (χ1n) is 11.5. The molecule has 2 aromatic heterocycles. The Bertz CT molecular complexity index is 1380. The van der Waals surface area contributed by atoms with E-state index in [-0.39, 0.29) is 16.7 Å². The number of nitrogens with zero attached hydrogens (tertiary/aromatic N) is 3. The van der Waals surface area contributed by atoms with Gasteiger partial charge in [0.15, 0.2) is 5.13 Å². The lowest BCUT2D eigenvalue weighted by Gasteiger charge is -2.22. The number of thiazole rings is 1. The Morgan fingerprint density at radius 2 is 1.94 bits per heavy atom. The first kappa shape index (κ1) is 23.8. The van der Waals surface area contributed by atoms with Crippen LogP contribution < -0.4 is 4.90 Å². The minimum absolute atomic E-state index is 0.0758. The molecule has 1 saturated carbocycles. The Balaban J connectivity index is 1.44. The lowest BCUT2D eigenvalue weighted by Crippen LogP contribution is -2.35. The average molecular weight is 515 g/mol. The Kier molecular flexibility index (Phi) is 6.51. The van der Waals surface area contributed by atoms with Gasteiger partial charge < -0.3 is 14.8 Å². The standard InChI is InChI=1S/C26H25ClF2N4OS/c1-32(2)26-31-23(24(35-26)16-5-7-18(28)8-6-16)25(34)33(14-15-3-4-15)10-9-17-13-30-22-12-21(29)20(27)11-19(17)22/h5-8,11-13,15,30H,3-4,9-10,14H2,1-2H3. The third-order valence-corrected chi connectivity index (χ3v) is 7.79. The zero-order valence-electron chi connectivity index (χ0n) is 19.4. The summed E-state index contributed by atoms with van der Waals surface area (Å²) in [5, 5.41) is 1.64. The van der Waals surface area contributed by atoms with Crippen LogP contribution in [0.1, 0.15) is 28.9 Å². The van der Waals surface area contributed by atoms with E-state index in [1.807, 2.05) is 30.1 Å². The number of H-pyrrole nitrogens is 1. The Hall–Kier alpha value is -2.97. The number of aromatic amines is 1. The number of amides is 1. The minimum atomic E-state index is -0.466. The molecule has 182 valence electrons. The highest BCUT2D eigenvalue weighted by Crippen LogP contribution is 2.36. The van der Waals surface area contributed by atoms with Gasteiger partial charge in [0.25, 0.3) is 5.91 Å². The van der Waals surface area contributed by atoms with Crippen molar-refractivity contribution in [2.24, 2.45) is 5.92 Å². The minimum Gasteiger partial charge on any atom is -0.361 e. The molecule has 0 spiro atoms. The van der Waals surface area contributed by atoms with Gasteiger partial charge in [-0.05, 0) is 60.6 Å². The molecule has 9 heteroatoms. The number of nitrogens with one attached hydrogen (secondary N) is 1. The quantitative estimate of drug-likeness (QED) is 0.296. The number of anilines is 1. The molecule has 1 fully saturated rings. The van der Waals surface area contributed by atoms with Gasteiger partial charge in [-0.2, -0.15) is 0 Å². The van der Waals surface area contributed by atoms with Gasteiger partial charge in [0.2, 0.25) is 0 Å². The number of hydrogen-bond acceptors (Lipinski definition) is 4. The number of benzene rings is 2. The summed E-state index contributed by atoms with van der Waals surface area (Å²) in [5.41, 5.74) is 2.80. The van der Waals surface area contributed by atoms with Gasteiger partial charge >= 0.3 is 0 Å². The summed E-state index contributed by atoms with van der Waals surface area (Å²) >= 11 is 7.43. The van der Waals surface area contributed by atoms with Crippen molar-refractivity contribution < 1.29 is 13.6 Å². The molecule has 4 aromatic rings. The van der Waals surface area contributed by atoms with Crippen molar-refractivity contribution in [3.63, 3.8) is 0 Å². The van der Waals surface area contributed by atoms with Crippen LogP contribution in [0.3, 0.4) is 0 Å². The van der Waals surface area contributed by atoms with Crippen LogP contribution in [-0.2, 0) is 6.42 Å². The molecule has 1 amide bonds. The number of aromatic nitrogens is 2. The van der Waals surface area contributed by atoms with Gasteiger partial charge in [0.1, 0.15) is 17.3 Å². The van der Waals surface area contributed by atoms with Gasteiger partial charge in [-0.1, -0.05) is 35.1 Å². The van der Waals surface area contributed by atoms with Crippen LogP contribution in [0.5, 0.6) is 0 Å². The van der Waals surface area contributed by atoms with Crippen LogP contribution in [0.2, 0.25) is 5.02 Å². The highest BCUT2D eigenvalue weighted by atomic mass is 35.5. The van der Waals surface area contributed by atoms with Crippen LogP contribution in [0.25, 0.3) is 21.3 Å². The Labute approximate surface area is 211 Å². The third-order valence-electron chi connectivity index (χ3n) is 6.23. The van der Waals surface area contributed by atoms with E-state index < -0.39 is 5.82 Å². The van der Waals surface area contributed by atoms with Crippen molar-refractivity contribution >= 4 is 44.9 Å². The fourth-order valence-corrected chi connectivity index (χ4v) is 5.27. The van der Waals surface area contributed by atoms with E-state index in [0.717, 1.165) is 34.2 Å². The summed E-state index contributed by atoms with van der Waals surface area (Å²) in [6, 6.07) is 9.16. The molecule has 35 heavy (non-hydrogen) atoms. The zero-order valence-corrected chi connectivity index (χ0v) is 21.0. The summed E-state index contributed by atoms with van der Waals surface area (Å²) < 4.78 is 27.4. The van der Waals surface area contributed by atoms with Gasteiger partial charge in [0.05, 0.1) is 9.90 Å². The molecule has 1 N–H and O–H groups in total. The van der Waals surface area contributed by atoms with Crippen LogP contribution in [0.15, 0.2) is 42.6 Å². The fraction of sp³-hybridized carbons (Fsp3) is 0.308. The largest absolute Gasteiger partial charge is 0.361 e. The molecule has 0 unspecified atom stereocenters. The van der Waals surface area contributed by atoms with E-state index in [9.17, 15) is 13.6 Å². The molecule has 0 aliphatic heterocycles. The van der Waals surface area contributed by atoms with E-state index in [1.165, 1.54) is 29.5 Å². The SMILES string of the molecule is CN(C)c1nc(C(=O)N(CCc2c[nH]c3cc(F)c(Cl)cc23)CC2CC2)c(-c2ccc(F)cc2)s1. The highest BCUT2D eigenvalue weighted by molar-refractivity contribution is 7.19. The molecule has 1 aliphatic carbocycles. The van der Waals surface area contributed by atoms with Gasteiger partial charge in [-0.3, -0.25) is 4.79 Å². The molecule has 2 heterocycles. The maximum atomic E-state index is 13.8. The van der Waals surface area contributed by atoms with E-state index in [1.54, 1.807) is 18.2 Å². The number of hydrogen-bond donors (Lipinski definition) is 1. The molecule has 0 saturated heterocycles. The molecular weight excluding hydrogens is 490 g/mol. The molecule has 2 aromatic carbocycles. The lowest BCUT2D eigenvalue weighted by molar-refractivity contribution is 0.0745.